The van der Waals surface area contributed by atoms with E-state index in [2.05, 4.69) is 10.6 Å². The molecule has 0 aromatic heterocycles. The quantitative estimate of drug-likeness (QED) is 0.719. The number of amides is 1. The Hall–Kier alpha value is -1.75. The van der Waals surface area contributed by atoms with Crippen molar-refractivity contribution in [3.63, 3.8) is 0 Å². The molecule has 0 spiro atoms. The molecule has 3 unspecified atom stereocenters. The van der Waals surface area contributed by atoms with Gasteiger partial charge in [-0.3, -0.25) is 4.79 Å². The number of hydrogen-bond acceptors (Lipinski definition) is 4. The van der Waals surface area contributed by atoms with Gasteiger partial charge in [-0.2, -0.15) is 0 Å². The molecular formula is C15H19N3O2. The highest BCUT2D eigenvalue weighted by molar-refractivity contribution is 5.95. The van der Waals surface area contributed by atoms with Gasteiger partial charge in [0.15, 0.2) is 0 Å². The maximum Gasteiger partial charge on any atom is 0.224 e. The molecule has 2 saturated heterocycles. The monoisotopic (exact) mass is 273 g/mol. The van der Waals surface area contributed by atoms with E-state index in [1.54, 1.807) is 0 Å². The molecule has 5 heteroatoms. The molecule has 1 aromatic rings. The molecule has 20 heavy (non-hydrogen) atoms. The zero-order valence-corrected chi connectivity index (χ0v) is 11.3. The van der Waals surface area contributed by atoms with Crippen molar-refractivity contribution in [3.05, 3.63) is 17.7 Å². The Bertz CT molecular complexity index is 572. The van der Waals surface area contributed by atoms with E-state index in [9.17, 15) is 4.79 Å². The third-order valence-electron chi connectivity index (χ3n) is 4.62. The molecule has 3 heterocycles. The Balaban J connectivity index is 1.58. The van der Waals surface area contributed by atoms with Gasteiger partial charge in [0.1, 0.15) is 0 Å². The van der Waals surface area contributed by atoms with Crippen molar-refractivity contribution in [1.82, 2.24) is 0 Å². The van der Waals surface area contributed by atoms with Crippen LogP contribution in [0, 0.1) is 0 Å². The summed E-state index contributed by atoms with van der Waals surface area (Å²) in [6, 6.07) is 4.28. The van der Waals surface area contributed by atoms with Crippen LogP contribution in [-0.2, 0) is 16.0 Å². The minimum atomic E-state index is 0.0801. The lowest BCUT2D eigenvalue weighted by atomic mass is 9.94. The van der Waals surface area contributed by atoms with E-state index in [1.165, 1.54) is 6.42 Å². The number of nitrogen functional groups attached to an aromatic ring is 1. The number of aryl methyl sites for hydroxylation is 1. The van der Waals surface area contributed by atoms with Crippen molar-refractivity contribution in [3.8, 4) is 0 Å². The van der Waals surface area contributed by atoms with Crippen LogP contribution in [-0.4, -0.2) is 24.2 Å². The van der Waals surface area contributed by atoms with Crippen LogP contribution >= 0.6 is 0 Å². The standard InChI is InChI=1S/C15H19N3O2/c16-10-5-8-1-4-15(19)18-11(8)7-12(10)17-13-6-9-2-3-14(13)20-9/h5,7,9,13-14,17H,1-4,6,16H2,(H,18,19). The minimum Gasteiger partial charge on any atom is -0.397 e. The smallest absolute Gasteiger partial charge is 0.224 e. The van der Waals surface area contributed by atoms with Crippen molar-refractivity contribution in [1.29, 1.82) is 0 Å². The predicted octanol–water partition coefficient (Wildman–Crippen LogP) is 1.89. The van der Waals surface area contributed by atoms with E-state index in [-0.39, 0.29) is 5.91 Å². The van der Waals surface area contributed by atoms with Gasteiger partial charge in [0.2, 0.25) is 5.91 Å². The molecular weight excluding hydrogens is 254 g/mol. The Morgan fingerprint density at radius 3 is 2.95 bits per heavy atom. The zero-order chi connectivity index (χ0) is 13.7. The SMILES string of the molecule is Nc1cc2c(cc1NC1CC3CCC1O3)NC(=O)CC2. The average Bonchev–Trinajstić information content (AvgIpc) is 3.02. The Morgan fingerprint density at radius 2 is 2.20 bits per heavy atom. The van der Waals surface area contributed by atoms with Gasteiger partial charge in [-0.1, -0.05) is 0 Å². The largest absolute Gasteiger partial charge is 0.397 e. The second-order valence-corrected chi connectivity index (χ2v) is 6.01. The fraction of sp³-hybridized carbons (Fsp3) is 0.533. The number of rotatable bonds is 2. The summed E-state index contributed by atoms with van der Waals surface area (Å²) in [4.78, 5) is 11.5. The second-order valence-electron chi connectivity index (χ2n) is 6.01. The molecule has 0 radical (unpaired) electrons. The predicted molar refractivity (Wildman–Crippen MR) is 77.7 cm³/mol. The molecule has 3 aliphatic rings. The highest BCUT2D eigenvalue weighted by atomic mass is 16.5. The lowest BCUT2D eigenvalue weighted by molar-refractivity contribution is -0.116. The summed E-state index contributed by atoms with van der Waals surface area (Å²) < 4.78 is 5.85. The number of anilines is 3. The fourth-order valence-corrected chi connectivity index (χ4v) is 3.56. The summed E-state index contributed by atoms with van der Waals surface area (Å²) in [5.74, 6) is 0.0801. The number of carbonyl (C=O) groups is 1. The maximum absolute atomic E-state index is 11.5. The second kappa shape index (κ2) is 4.38. The molecule has 2 fully saturated rings. The summed E-state index contributed by atoms with van der Waals surface area (Å²) in [5, 5.41) is 6.42. The van der Waals surface area contributed by atoms with Crippen LogP contribution in [0.15, 0.2) is 12.1 Å². The molecule has 4 N–H and O–H groups in total. The van der Waals surface area contributed by atoms with Crippen LogP contribution in [0.3, 0.4) is 0 Å². The van der Waals surface area contributed by atoms with Crippen molar-refractivity contribution in [2.24, 2.45) is 0 Å². The molecule has 2 bridgehead atoms. The first-order valence-corrected chi connectivity index (χ1v) is 7.33. The van der Waals surface area contributed by atoms with Crippen LogP contribution < -0.4 is 16.4 Å². The van der Waals surface area contributed by atoms with Gasteiger partial charge in [0.25, 0.3) is 0 Å². The third-order valence-corrected chi connectivity index (χ3v) is 4.62. The number of carbonyl (C=O) groups excluding carboxylic acids is 1. The van der Waals surface area contributed by atoms with Crippen molar-refractivity contribution >= 4 is 23.0 Å². The lowest BCUT2D eigenvalue weighted by Crippen LogP contribution is -2.31. The number of fused-ring (bicyclic) bond motifs is 3. The highest BCUT2D eigenvalue weighted by Gasteiger charge is 2.40. The van der Waals surface area contributed by atoms with E-state index in [0.29, 0.717) is 24.7 Å². The Morgan fingerprint density at radius 1 is 1.30 bits per heavy atom. The molecule has 106 valence electrons. The van der Waals surface area contributed by atoms with Gasteiger partial charge < -0.3 is 21.1 Å². The number of benzene rings is 1. The lowest BCUT2D eigenvalue weighted by Gasteiger charge is -2.24. The number of hydrogen-bond donors (Lipinski definition) is 3. The van der Waals surface area contributed by atoms with Gasteiger partial charge in [-0.15, -0.1) is 0 Å². The van der Waals surface area contributed by atoms with Crippen molar-refractivity contribution in [2.45, 2.75) is 50.4 Å². The van der Waals surface area contributed by atoms with Crippen LogP contribution in [0.2, 0.25) is 0 Å². The summed E-state index contributed by atoms with van der Waals surface area (Å²) in [7, 11) is 0. The van der Waals surface area contributed by atoms with Gasteiger partial charge >= 0.3 is 0 Å². The Kier molecular flexibility index (Phi) is 2.63. The van der Waals surface area contributed by atoms with Gasteiger partial charge in [0, 0.05) is 12.1 Å². The first kappa shape index (κ1) is 12.0. The van der Waals surface area contributed by atoms with Gasteiger partial charge in [-0.25, -0.2) is 0 Å². The minimum absolute atomic E-state index is 0.0801. The van der Waals surface area contributed by atoms with E-state index in [4.69, 9.17) is 10.5 Å². The number of nitrogens with one attached hydrogen (secondary N) is 2. The molecule has 1 aromatic carbocycles. The first-order valence-electron chi connectivity index (χ1n) is 7.33. The molecule has 4 rings (SSSR count). The summed E-state index contributed by atoms with van der Waals surface area (Å²) in [5.41, 5.74) is 9.81. The molecule has 5 nitrogen and oxygen atoms in total. The van der Waals surface area contributed by atoms with E-state index in [0.717, 1.165) is 41.9 Å². The third kappa shape index (κ3) is 1.93. The van der Waals surface area contributed by atoms with E-state index in [1.807, 2.05) is 12.1 Å². The molecule has 0 saturated carbocycles. The fourth-order valence-electron chi connectivity index (χ4n) is 3.56. The number of nitrogens with two attached hydrogens (primary N) is 1. The molecule has 1 amide bonds. The maximum atomic E-state index is 11.5. The van der Waals surface area contributed by atoms with Gasteiger partial charge in [-0.05, 0) is 43.4 Å². The van der Waals surface area contributed by atoms with Crippen molar-refractivity contribution < 1.29 is 9.53 Å². The number of ether oxygens (including phenoxy) is 1. The summed E-state index contributed by atoms with van der Waals surface area (Å²) in [6.07, 6.45) is 5.39. The summed E-state index contributed by atoms with van der Waals surface area (Å²) >= 11 is 0. The van der Waals surface area contributed by atoms with E-state index >= 15 is 0 Å². The van der Waals surface area contributed by atoms with Crippen LogP contribution in [0.25, 0.3) is 0 Å². The molecule has 3 aliphatic heterocycles. The topological polar surface area (TPSA) is 76.4 Å². The Labute approximate surface area is 117 Å². The zero-order valence-electron chi connectivity index (χ0n) is 11.3. The van der Waals surface area contributed by atoms with Crippen LogP contribution in [0.5, 0.6) is 0 Å². The highest BCUT2D eigenvalue weighted by Crippen LogP contribution is 2.38. The molecule has 0 aliphatic carbocycles. The van der Waals surface area contributed by atoms with Gasteiger partial charge in [0.05, 0.1) is 29.6 Å². The average molecular weight is 273 g/mol. The van der Waals surface area contributed by atoms with Crippen LogP contribution in [0.4, 0.5) is 17.1 Å². The normalized spacial score (nSPS) is 31.0. The molecule has 3 atom stereocenters. The van der Waals surface area contributed by atoms with E-state index < -0.39 is 0 Å². The van der Waals surface area contributed by atoms with Crippen LogP contribution in [0.1, 0.15) is 31.2 Å². The van der Waals surface area contributed by atoms with Crippen molar-refractivity contribution in [2.75, 3.05) is 16.4 Å². The first-order chi connectivity index (χ1) is 9.69. The summed E-state index contributed by atoms with van der Waals surface area (Å²) in [6.45, 7) is 0.